The lowest BCUT2D eigenvalue weighted by atomic mass is 10.2. The lowest BCUT2D eigenvalue weighted by Gasteiger charge is -2.09. The van der Waals surface area contributed by atoms with Crippen molar-refractivity contribution in [2.75, 3.05) is 18.5 Å². The topological polar surface area (TPSA) is 75.9 Å². The van der Waals surface area contributed by atoms with Crippen molar-refractivity contribution in [2.45, 2.75) is 26.2 Å². The zero-order valence-corrected chi connectivity index (χ0v) is 11.4. The minimum absolute atomic E-state index is 0.222. The Morgan fingerprint density at radius 2 is 2.15 bits per heavy atom. The largest absolute Gasteiger partial charge is 0.396 e. The Balaban J connectivity index is 2.04. The summed E-state index contributed by atoms with van der Waals surface area (Å²) in [5.41, 5.74) is 1.15. The first-order chi connectivity index (χ1) is 9.72. The molecular weight excluding hydrogens is 261 g/mol. The average molecular weight is 279 g/mol. The van der Waals surface area contributed by atoms with Crippen LogP contribution in [0.1, 0.15) is 25.1 Å². The number of aromatic nitrogens is 4. The Morgan fingerprint density at radius 1 is 1.30 bits per heavy atom. The van der Waals surface area contributed by atoms with Crippen molar-refractivity contribution >= 4 is 5.69 Å². The second-order valence-corrected chi connectivity index (χ2v) is 4.52. The molecule has 1 aromatic heterocycles. The summed E-state index contributed by atoms with van der Waals surface area (Å²) in [6, 6.07) is 4.77. The number of aliphatic hydroxyl groups is 1. The number of anilines is 1. The number of hydrogen-bond donors (Lipinski definition) is 2. The van der Waals surface area contributed by atoms with Crippen molar-refractivity contribution in [3.63, 3.8) is 0 Å². The monoisotopic (exact) mass is 279 g/mol. The van der Waals surface area contributed by atoms with Gasteiger partial charge >= 0.3 is 0 Å². The van der Waals surface area contributed by atoms with Gasteiger partial charge in [0.25, 0.3) is 0 Å². The summed E-state index contributed by atoms with van der Waals surface area (Å²) < 4.78 is 15.2. The number of aryl methyl sites for hydroxylation is 1. The van der Waals surface area contributed by atoms with Crippen LogP contribution in [0.4, 0.5) is 10.1 Å². The summed E-state index contributed by atoms with van der Waals surface area (Å²) >= 11 is 0. The maximum Gasteiger partial charge on any atom is 0.153 e. The molecule has 2 rings (SSSR count). The van der Waals surface area contributed by atoms with E-state index in [9.17, 15) is 4.39 Å². The number of nitrogens with zero attached hydrogens (tertiary/aromatic N) is 4. The van der Waals surface area contributed by atoms with Crippen LogP contribution >= 0.6 is 0 Å². The number of rotatable bonds is 7. The highest BCUT2D eigenvalue weighted by Crippen LogP contribution is 2.18. The quantitative estimate of drug-likeness (QED) is 0.754. The Morgan fingerprint density at radius 3 is 2.85 bits per heavy atom. The summed E-state index contributed by atoms with van der Waals surface area (Å²) in [4.78, 5) is 0. The van der Waals surface area contributed by atoms with Gasteiger partial charge in [0.1, 0.15) is 11.5 Å². The fraction of sp³-hybridized carbons (Fsp3) is 0.462. The van der Waals surface area contributed by atoms with Crippen molar-refractivity contribution in [3.05, 3.63) is 29.8 Å². The van der Waals surface area contributed by atoms with Crippen LogP contribution in [0.3, 0.4) is 0 Å². The van der Waals surface area contributed by atoms with E-state index in [4.69, 9.17) is 5.11 Å². The third kappa shape index (κ3) is 3.51. The maximum absolute atomic E-state index is 13.8. The van der Waals surface area contributed by atoms with Gasteiger partial charge < -0.3 is 10.4 Å². The summed E-state index contributed by atoms with van der Waals surface area (Å²) in [5.74, 6) is 0.162. The van der Waals surface area contributed by atoms with Gasteiger partial charge in [-0.05, 0) is 54.8 Å². The highest BCUT2D eigenvalue weighted by Gasteiger charge is 2.10. The number of unbranched alkanes of at least 4 members (excludes halogenated alkanes) is 2. The molecule has 0 spiro atoms. The zero-order chi connectivity index (χ0) is 14.4. The first-order valence-electron chi connectivity index (χ1n) is 6.62. The first kappa shape index (κ1) is 14.4. The second kappa shape index (κ2) is 6.95. The Labute approximate surface area is 116 Å². The molecule has 0 saturated heterocycles. The Bertz CT molecular complexity index is 557. The molecule has 1 aromatic carbocycles. The van der Waals surface area contributed by atoms with Crippen LogP contribution in [-0.2, 0) is 0 Å². The van der Waals surface area contributed by atoms with E-state index in [2.05, 4.69) is 20.8 Å². The van der Waals surface area contributed by atoms with E-state index in [-0.39, 0.29) is 12.4 Å². The predicted molar refractivity (Wildman–Crippen MR) is 73.3 cm³/mol. The summed E-state index contributed by atoms with van der Waals surface area (Å²) in [5, 5.41) is 23.0. The minimum Gasteiger partial charge on any atom is -0.396 e. The number of halogens is 1. The summed E-state index contributed by atoms with van der Waals surface area (Å²) in [6.07, 6.45) is 2.72. The van der Waals surface area contributed by atoms with Gasteiger partial charge in [-0.1, -0.05) is 0 Å². The molecule has 108 valence electrons. The van der Waals surface area contributed by atoms with Crippen LogP contribution in [0.2, 0.25) is 0 Å². The number of hydrogen-bond acceptors (Lipinski definition) is 5. The third-order valence-corrected chi connectivity index (χ3v) is 2.96. The molecule has 0 saturated carbocycles. The molecule has 0 aliphatic carbocycles. The van der Waals surface area contributed by atoms with E-state index in [0.29, 0.717) is 11.5 Å². The van der Waals surface area contributed by atoms with Crippen LogP contribution in [-0.4, -0.2) is 38.5 Å². The molecule has 2 aromatic rings. The fourth-order valence-electron chi connectivity index (χ4n) is 1.89. The highest BCUT2D eigenvalue weighted by molar-refractivity contribution is 5.51. The van der Waals surface area contributed by atoms with Crippen LogP contribution in [0.15, 0.2) is 18.2 Å². The van der Waals surface area contributed by atoms with Crippen LogP contribution in [0.5, 0.6) is 0 Å². The SMILES string of the molecule is Cc1nnnn1-c1cc(NCCCCCO)ccc1F. The molecule has 0 atom stereocenters. The van der Waals surface area contributed by atoms with Gasteiger partial charge in [0.05, 0.1) is 0 Å². The molecule has 20 heavy (non-hydrogen) atoms. The van der Waals surface area contributed by atoms with E-state index in [1.54, 1.807) is 19.1 Å². The van der Waals surface area contributed by atoms with E-state index in [0.717, 1.165) is 31.5 Å². The lowest BCUT2D eigenvalue weighted by Crippen LogP contribution is -2.06. The molecule has 0 aliphatic rings. The molecule has 0 aliphatic heterocycles. The summed E-state index contributed by atoms with van der Waals surface area (Å²) in [7, 11) is 0. The molecule has 0 radical (unpaired) electrons. The molecule has 2 N–H and O–H groups in total. The predicted octanol–water partition coefficient (Wildman–Crippen LogP) is 1.68. The molecule has 0 amide bonds. The van der Waals surface area contributed by atoms with Crippen LogP contribution < -0.4 is 5.32 Å². The first-order valence-corrected chi connectivity index (χ1v) is 6.62. The Hall–Kier alpha value is -2.02. The van der Waals surface area contributed by atoms with Gasteiger partial charge in [-0.3, -0.25) is 0 Å². The van der Waals surface area contributed by atoms with Gasteiger partial charge in [0, 0.05) is 18.8 Å². The molecule has 7 heteroatoms. The molecule has 0 bridgehead atoms. The molecule has 1 heterocycles. The van der Waals surface area contributed by atoms with Crippen molar-refractivity contribution < 1.29 is 9.50 Å². The average Bonchev–Trinajstić information content (AvgIpc) is 2.86. The van der Waals surface area contributed by atoms with E-state index >= 15 is 0 Å². The van der Waals surface area contributed by atoms with Crippen molar-refractivity contribution in [3.8, 4) is 5.69 Å². The Kier molecular flexibility index (Phi) is 5.00. The summed E-state index contributed by atoms with van der Waals surface area (Å²) in [6.45, 7) is 2.72. The fourth-order valence-corrected chi connectivity index (χ4v) is 1.89. The molecule has 0 fully saturated rings. The number of nitrogens with one attached hydrogen (secondary N) is 1. The number of tetrazole rings is 1. The van der Waals surface area contributed by atoms with Gasteiger partial charge in [0.15, 0.2) is 5.82 Å². The van der Waals surface area contributed by atoms with E-state index < -0.39 is 0 Å². The zero-order valence-electron chi connectivity index (χ0n) is 11.4. The van der Waals surface area contributed by atoms with E-state index in [1.807, 2.05) is 0 Å². The van der Waals surface area contributed by atoms with Gasteiger partial charge in [-0.15, -0.1) is 5.10 Å². The smallest absolute Gasteiger partial charge is 0.153 e. The van der Waals surface area contributed by atoms with Gasteiger partial charge in [-0.25, -0.2) is 4.39 Å². The maximum atomic E-state index is 13.8. The van der Waals surface area contributed by atoms with E-state index in [1.165, 1.54) is 10.7 Å². The second-order valence-electron chi connectivity index (χ2n) is 4.52. The van der Waals surface area contributed by atoms with Crippen molar-refractivity contribution in [2.24, 2.45) is 0 Å². The van der Waals surface area contributed by atoms with Crippen molar-refractivity contribution in [1.82, 2.24) is 20.2 Å². The third-order valence-electron chi connectivity index (χ3n) is 2.96. The van der Waals surface area contributed by atoms with Crippen LogP contribution in [0.25, 0.3) is 5.69 Å². The minimum atomic E-state index is -0.369. The molecular formula is C13H18FN5O. The standard InChI is InChI=1S/C13H18FN5O/c1-10-16-17-18-19(10)13-9-11(5-6-12(13)14)15-7-3-2-4-8-20/h5-6,9,15,20H,2-4,7-8H2,1H3. The molecule has 6 nitrogen and oxygen atoms in total. The lowest BCUT2D eigenvalue weighted by molar-refractivity contribution is 0.283. The molecule has 0 unspecified atom stereocenters. The van der Waals surface area contributed by atoms with Gasteiger partial charge in [0.2, 0.25) is 0 Å². The van der Waals surface area contributed by atoms with Crippen molar-refractivity contribution in [1.29, 1.82) is 0 Å². The number of aliphatic hydroxyl groups excluding tert-OH is 1. The van der Waals surface area contributed by atoms with Gasteiger partial charge in [-0.2, -0.15) is 4.68 Å². The normalized spacial score (nSPS) is 10.8. The number of benzene rings is 1. The highest BCUT2D eigenvalue weighted by atomic mass is 19.1. The van der Waals surface area contributed by atoms with Crippen LogP contribution in [0, 0.1) is 12.7 Å².